The molecular formula is C22H25N3O6S. The molecule has 170 valence electrons. The largest absolute Gasteiger partial charge is 0.507 e. The van der Waals surface area contributed by atoms with Gasteiger partial charge < -0.3 is 19.3 Å². The van der Waals surface area contributed by atoms with E-state index in [1.54, 1.807) is 35.4 Å². The third-order valence-electron chi connectivity index (χ3n) is 5.13. The molecule has 0 aliphatic carbocycles. The van der Waals surface area contributed by atoms with E-state index in [9.17, 15) is 23.1 Å². The number of aromatic hydroxyl groups is 1. The van der Waals surface area contributed by atoms with Crippen LogP contribution in [0, 0.1) is 0 Å². The Morgan fingerprint density at radius 2 is 1.81 bits per heavy atom. The summed E-state index contributed by atoms with van der Waals surface area (Å²) in [5, 5.41) is 10.6. The average Bonchev–Trinajstić information content (AvgIpc) is 3.15. The van der Waals surface area contributed by atoms with Gasteiger partial charge in [-0.25, -0.2) is 13.2 Å². The van der Waals surface area contributed by atoms with E-state index in [1.165, 1.54) is 6.07 Å². The van der Waals surface area contributed by atoms with Crippen molar-refractivity contribution in [1.82, 2.24) is 9.47 Å². The summed E-state index contributed by atoms with van der Waals surface area (Å²) < 4.78 is 34.5. The average molecular weight is 460 g/mol. The fourth-order valence-electron chi connectivity index (χ4n) is 3.39. The molecule has 3 aromatic rings. The third kappa shape index (κ3) is 4.70. The fraction of sp³-hybridized carbons (Fsp3) is 0.273. The first-order valence-electron chi connectivity index (χ1n) is 10.0. The minimum Gasteiger partial charge on any atom is -0.507 e. The molecule has 0 saturated carbocycles. The number of phenols is 1. The smallest absolute Gasteiger partial charge is 0.341 e. The number of carbonyl (C=O) groups is 2. The molecule has 0 aliphatic heterocycles. The highest BCUT2D eigenvalue weighted by Crippen LogP contribution is 2.26. The first kappa shape index (κ1) is 23.1. The predicted octanol–water partition coefficient (Wildman–Crippen LogP) is 2.80. The zero-order chi connectivity index (χ0) is 23.5. The van der Waals surface area contributed by atoms with Crippen molar-refractivity contribution in [2.24, 2.45) is 0 Å². The number of rotatable bonds is 8. The maximum absolute atomic E-state index is 12.8. The Bertz CT molecular complexity index is 1260. The van der Waals surface area contributed by atoms with Crippen molar-refractivity contribution in [3.63, 3.8) is 0 Å². The zero-order valence-electron chi connectivity index (χ0n) is 18.0. The molecule has 0 fully saturated rings. The molecular weight excluding hydrogens is 434 g/mol. The van der Waals surface area contributed by atoms with Gasteiger partial charge in [-0.15, -0.1) is 0 Å². The van der Waals surface area contributed by atoms with Crippen molar-refractivity contribution < 1.29 is 27.9 Å². The molecule has 1 amide bonds. The van der Waals surface area contributed by atoms with Crippen LogP contribution in [0.4, 0.5) is 5.69 Å². The molecule has 0 unspecified atom stereocenters. The molecule has 0 spiro atoms. The van der Waals surface area contributed by atoms with Gasteiger partial charge in [0.15, 0.2) is 0 Å². The molecule has 2 N–H and O–H groups in total. The van der Waals surface area contributed by atoms with E-state index in [1.807, 2.05) is 18.4 Å². The molecule has 32 heavy (non-hydrogen) atoms. The van der Waals surface area contributed by atoms with Crippen LogP contribution in [0.25, 0.3) is 10.9 Å². The molecule has 1 heterocycles. The summed E-state index contributed by atoms with van der Waals surface area (Å²) in [6.07, 6.45) is 1.78. The van der Waals surface area contributed by atoms with Crippen LogP contribution in [0.2, 0.25) is 0 Å². The molecule has 0 aliphatic rings. The van der Waals surface area contributed by atoms with Crippen LogP contribution in [0.15, 0.2) is 53.6 Å². The number of amides is 1. The van der Waals surface area contributed by atoms with Crippen LogP contribution in [0.1, 0.15) is 24.2 Å². The lowest BCUT2D eigenvalue weighted by molar-refractivity contribution is -0.131. The minimum atomic E-state index is -4.03. The van der Waals surface area contributed by atoms with Gasteiger partial charge in [0.25, 0.3) is 10.0 Å². The van der Waals surface area contributed by atoms with Crippen LogP contribution >= 0.6 is 0 Å². The first-order valence-corrected chi connectivity index (χ1v) is 11.5. The number of phenolic OH excluding ortho intramolecular Hbond substituents is 1. The maximum atomic E-state index is 12.8. The zero-order valence-corrected chi connectivity index (χ0v) is 18.8. The van der Waals surface area contributed by atoms with Gasteiger partial charge in [-0.1, -0.05) is 0 Å². The molecule has 0 radical (unpaired) electrons. The molecule has 0 atom stereocenters. The van der Waals surface area contributed by atoms with E-state index in [4.69, 9.17) is 0 Å². The highest BCUT2D eigenvalue weighted by Gasteiger charge is 2.20. The standard InChI is InChI=1S/C22H25N3O6S/c1-4-24(5-2)21(27)14-25-11-10-15-12-16(6-8-19(15)25)23-32(29,30)17-7-9-20(26)18(13-17)22(28)31-3/h6-13,23,26H,4-5,14H2,1-3H3. The highest BCUT2D eigenvalue weighted by atomic mass is 32.2. The van der Waals surface area contributed by atoms with Crippen molar-refractivity contribution in [2.75, 3.05) is 24.9 Å². The van der Waals surface area contributed by atoms with Crippen LogP contribution in [-0.4, -0.2) is 55.1 Å². The highest BCUT2D eigenvalue weighted by molar-refractivity contribution is 7.92. The summed E-state index contributed by atoms with van der Waals surface area (Å²) in [4.78, 5) is 25.7. The number of nitrogens with zero attached hydrogens (tertiary/aromatic N) is 2. The second-order valence-corrected chi connectivity index (χ2v) is 8.74. The second-order valence-electron chi connectivity index (χ2n) is 7.06. The number of likely N-dealkylation sites (N-methyl/N-ethyl adjacent to an activating group) is 1. The van der Waals surface area contributed by atoms with Crippen LogP contribution in [-0.2, 0) is 26.1 Å². The van der Waals surface area contributed by atoms with Crippen LogP contribution < -0.4 is 4.72 Å². The second kappa shape index (κ2) is 9.31. The van der Waals surface area contributed by atoms with Crippen molar-refractivity contribution in [1.29, 1.82) is 0 Å². The molecule has 0 saturated heterocycles. The number of hydrogen-bond acceptors (Lipinski definition) is 6. The number of ether oxygens (including phenoxy) is 1. The lowest BCUT2D eigenvalue weighted by atomic mass is 10.2. The summed E-state index contributed by atoms with van der Waals surface area (Å²) in [6.45, 7) is 5.32. The van der Waals surface area contributed by atoms with E-state index in [0.717, 1.165) is 30.1 Å². The first-order chi connectivity index (χ1) is 15.2. The molecule has 3 rings (SSSR count). The Hall–Kier alpha value is -3.53. The van der Waals surface area contributed by atoms with Crippen molar-refractivity contribution in [2.45, 2.75) is 25.3 Å². The van der Waals surface area contributed by atoms with Gasteiger partial charge in [-0.3, -0.25) is 9.52 Å². The van der Waals surface area contributed by atoms with Crippen molar-refractivity contribution in [3.05, 3.63) is 54.2 Å². The van der Waals surface area contributed by atoms with Gasteiger partial charge in [0.2, 0.25) is 5.91 Å². The Morgan fingerprint density at radius 1 is 1.09 bits per heavy atom. The summed E-state index contributed by atoms with van der Waals surface area (Å²) in [6, 6.07) is 10.2. The number of methoxy groups -OCH3 is 1. The molecule has 1 aromatic heterocycles. The fourth-order valence-corrected chi connectivity index (χ4v) is 4.47. The summed E-state index contributed by atoms with van der Waals surface area (Å²) in [5.41, 5.74) is 0.866. The summed E-state index contributed by atoms with van der Waals surface area (Å²) in [5.74, 6) is -1.22. The Balaban J connectivity index is 1.85. The lowest BCUT2D eigenvalue weighted by Gasteiger charge is -2.19. The number of anilines is 1. The van der Waals surface area contributed by atoms with Crippen molar-refractivity contribution >= 4 is 38.5 Å². The summed E-state index contributed by atoms with van der Waals surface area (Å²) >= 11 is 0. The molecule has 10 heteroatoms. The maximum Gasteiger partial charge on any atom is 0.341 e. The van der Waals surface area contributed by atoms with E-state index in [-0.39, 0.29) is 28.7 Å². The number of aromatic nitrogens is 1. The number of sulfonamides is 1. The summed E-state index contributed by atoms with van der Waals surface area (Å²) in [7, 11) is -2.89. The van der Waals surface area contributed by atoms with E-state index in [0.29, 0.717) is 18.8 Å². The molecule has 0 bridgehead atoms. The van der Waals surface area contributed by atoms with Crippen LogP contribution in [0.3, 0.4) is 0 Å². The monoisotopic (exact) mass is 459 g/mol. The third-order valence-corrected chi connectivity index (χ3v) is 6.51. The van der Waals surface area contributed by atoms with Gasteiger partial charge in [-0.05, 0) is 56.3 Å². The van der Waals surface area contributed by atoms with E-state index < -0.39 is 16.0 Å². The quantitative estimate of drug-likeness (QED) is 0.500. The minimum absolute atomic E-state index is 0.00557. The van der Waals surface area contributed by atoms with Gasteiger partial charge in [-0.2, -0.15) is 0 Å². The Morgan fingerprint density at radius 3 is 2.47 bits per heavy atom. The van der Waals surface area contributed by atoms with Crippen LogP contribution in [0.5, 0.6) is 5.75 Å². The van der Waals surface area contributed by atoms with E-state index >= 15 is 0 Å². The van der Waals surface area contributed by atoms with Gasteiger partial charge in [0.1, 0.15) is 17.9 Å². The number of carbonyl (C=O) groups excluding carboxylic acids is 2. The number of nitrogens with one attached hydrogen (secondary N) is 1. The van der Waals surface area contributed by atoms with Gasteiger partial charge >= 0.3 is 5.97 Å². The Labute approximate surface area is 186 Å². The normalized spacial score (nSPS) is 11.3. The number of fused-ring (bicyclic) bond motifs is 1. The molecule has 2 aromatic carbocycles. The lowest BCUT2D eigenvalue weighted by Crippen LogP contribution is -2.33. The predicted molar refractivity (Wildman–Crippen MR) is 120 cm³/mol. The number of esters is 1. The SMILES string of the molecule is CCN(CC)C(=O)Cn1ccc2cc(NS(=O)(=O)c3ccc(O)c(C(=O)OC)c3)ccc21. The van der Waals surface area contributed by atoms with E-state index in [2.05, 4.69) is 9.46 Å². The van der Waals surface area contributed by atoms with Crippen molar-refractivity contribution in [3.8, 4) is 5.75 Å². The molecule has 9 nitrogen and oxygen atoms in total. The number of hydrogen-bond donors (Lipinski definition) is 2. The number of benzene rings is 2. The topological polar surface area (TPSA) is 118 Å². The Kier molecular flexibility index (Phi) is 6.73. The van der Waals surface area contributed by atoms with Gasteiger partial charge in [0, 0.05) is 35.9 Å². The van der Waals surface area contributed by atoms with Gasteiger partial charge in [0.05, 0.1) is 12.0 Å².